The van der Waals surface area contributed by atoms with Gasteiger partial charge in [0.15, 0.2) is 0 Å². The first-order valence-corrected chi connectivity index (χ1v) is 15.9. The van der Waals surface area contributed by atoms with Crippen LogP contribution in [0, 0.1) is 11.3 Å². The lowest BCUT2D eigenvalue weighted by molar-refractivity contribution is -0.115. The summed E-state index contributed by atoms with van der Waals surface area (Å²) in [6.45, 7) is 2.96. The monoisotopic (exact) mass is 629 g/mol. The van der Waals surface area contributed by atoms with E-state index in [4.69, 9.17) is 10.4 Å². The Bertz CT molecular complexity index is 2010. The lowest BCUT2D eigenvalue weighted by Gasteiger charge is -2.18. The molecule has 2 aliphatic heterocycles. The average Bonchev–Trinajstić information content (AvgIpc) is 3.50. The van der Waals surface area contributed by atoms with E-state index in [0.29, 0.717) is 48.4 Å². The molecule has 2 heterocycles. The van der Waals surface area contributed by atoms with Crippen molar-refractivity contribution in [3.8, 4) is 6.07 Å². The molecule has 0 fully saturated rings. The molecule has 0 aliphatic carbocycles. The third-order valence-electron chi connectivity index (χ3n) is 8.68. The second kappa shape index (κ2) is 13.4. The van der Waals surface area contributed by atoms with Gasteiger partial charge in [-0.1, -0.05) is 31.6 Å². The molecule has 3 N–H and O–H groups in total. The van der Waals surface area contributed by atoms with Crippen LogP contribution in [0.4, 0.5) is 22.7 Å². The SMILES string of the molecule is CCCCN1C(=O)c2cc(CCCCN3C(=O)c4cccc5c(NC(=O)CC#N)ccc3c45)cc3c(NC(=O)/C=C/CO)ccc1c23. The zero-order valence-corrected chi connectivity index (χ0v) is 26.1. The molecule has 10 heteroatoms. The van der Waals surface area contributed by atoms with Crippen molar-refractivity contribution in [1.29, 1.82) is 5.26 Å². The summed E-state index contributed by atoms with van der Waals surface area (Å²) in [5.74, 6) is -0.899. The predicted molar refractivity (Wildman–Crippen MR) is 183 cm³/mol. The molecule has 4 aromatic carbocycles. The number of nitrogens with zero attached hydrogens (tertiary/aromatic N) is 3. The van der Waals surface area contributed by atoms with E-state index in [0.717, 1.165) is 57.7 Å². The molecule has 0 bridgehead atoms. The van der Waals surface area contributed by atoms with Crippen LogP contribution in [0.2, 0.25) is 0 Å². The van der Waals surface area contributed by atoms with Crippen molar-refractivity contribution >= 4 is 67.9 Å². The van der Waals surface area contributed by atoms with Crippen molar-refractivity contribution in [2.24, 2.45) is 0 Å². The number of unbranched alkanes of at least 4 members (excludes halogenated alkanes) is 2. The number of nitriles is 1. The number of hydrogen-bond acceptors (Lipinski definition) is 6. The number of aliphatic hydroxyl groups is 1. The van der Waals surface area contributed by atoms with Gasteiger partial charge >= 0.3 is 0 Å². The van der Waals surface area contributed by atoms with Crippen LogP contribution in [0.25, 0.3) is 21.5 Å². The Morgan fingerprint density at radius 1 is 0.851 bits per heavy atom. The Morgan fingerprint density at radius 2 is 1.53 bits per heavy atom. The lowest BCUT2D eigenvalue weighted by Crippen LogP contribution is -2.28. The molecule has 10 nitrogen and oxygen atoms in total. The molecular formula is C37H35N5O5. The number of hydrogen-bond donors (Lipinski definition) is 3. The van der Waals surface area contributed by atoms with Gasteiger partial charge < -0.3 is 25.5 Å². The zero-order chi connectivity index (χ0) is 33.1. The van der Waals surface area contributed by atoms with Crippen LogP contribution in [-0.2, 0) is 16.0 Å². The number of carbonyl (C=O) groups is 4. The first-order chi connectivity index (χ1) is 22.9. The highest BCUT2D eigenvalue weighted by molar-refractivity contribution is 6.28. The first-order valence-electron chi connectivity index (χ1n) is 15.9. The maximum absolute atomic E-state index is 13.6. The highest BCUT2D eigenvalue weighted by atomic mass is 16.2. The van der Waals surface area contributed by atoms with E-state index in [1.165, 1.54) is 12.2 Å². The molecule has 238 valence electrons. The minimum atomic E-state index is -0.402. The Morgan fingerprint density at radius 3 is 2.23 bits per heavy atom. The minimum absolute atomic E-state index is 0.0411. The molecule has 0 atom stereocenters. The summed E-state index contributed by atoms with van der Waals surface area (Å²) in [7, 11) is 0. The smallest absolute Gasteiger partial charge is 0.259 e. The number of nitrogens with one attached hydrogen (secondary N) is 2. The largest absolute Gasteiger partial charge is 0.392 e. The van der Waals surface area contributed by atoms with Crippen LogP contribution in [0.1, 0.15) is 65.3 Å². The number of aliphatic hydroxyl groups excluding tert-OH is 1. The topological polar surface area (TPSA) is 143 Å². The maximum atomic E-state index is 13.6. The van der Waals surface area contributed by atoms with Crippen molar-refractivity contribution in [3.05, 3.63) is 83.4 Å². The van der Waals surface area contributed by atoms with E-state index in [2.05, 4.69) is 17.6 Å². The van der Waals surface area contributed by atoms with Crippen LogP contribution in [0.5, 0.6) is 0 Å². The van der Waals surface area contributed by atoms with Crippen LogP contribution in [0.3, 0.4) is 0 Å². The number of carbonyl (C=O) groups excluding carboxylic acids is 4. The summed E-state index contributed by atoms with van der Waals surface area (Å²) in [6, 6.07) is 18.6. The standard InChI is InChI=1S/C37H35N5O5/c1-2-3-18-41-31-15-13-29(40-32(44)11-7-20-43)26-21-23(22-27(35(26)31)37(41)47)8-4-5-19-42-30-14-12-28(39-33(45)16-17-38)24-9-6-10-25(34(24)30)36(42)46/h6-7,9-15,21-22,43H,2-5,8,16,18-20H2,1H3,(H,39,45)(H,40,44)/b11-7+. The zero-order valence-electron chi connectivity index (χ0n) is 26.1. The average molecular weight is 630 g/mol. The van der Waals surface area contributed by atoms with Gasteiger partial charge in [-0.15, -0.1) is 0 Å². The summed E-state index contributed by atoms with van der Waals surface area (Å²) in [6.07, 6.45) is 6.37. The Kier molecular flexibility index (Phi) is 9.00. The number of benzene rings is 4. The molecule has 2 aliphatic rings. The van der Waals surface area contributed by atoms with Crippen molar-refractivity contribution in [2.75, 3.05) is 40.1 Å². The van der Waals surface area contributed by atoms with Crippen molar-refractivity contribution < 1.29 is 24.3 Å². The van der Waals surface area contributed by atoms with Crippen molar-refractivity contribution in [3.63, 3.8) is 0 Å². The fourth-order valence-electron chi connectivity index (χ4n) is 6.54. The van der Waals surface area contributed by atoms with Gasteiger partial charge in [-0.2, -0.15) is 5.26 Å². The van der Waals surface area contributed by atoms with Gasteiger partial charge in [0.2, 0.25) is 11.8 Å². The summed E-state index contributed by atoms with van der Waals surface area (Å²) in [5.41, 5.74) is 4.97. The Hall–Kier alpha value is -5.53. The predicted octanol–water partition coefficient (Wildman–Crippen LogP) is 6.08. The first kappa shape index (κ1) is 31.5. The van der Waals surface area contributed by atoms with Crippen molar-refractivity contribution in [2.45, 2.75) is 45.4 Å². The Balaban J connectivity index is 1.21. The maximum Gasteiger partial charge on any atom is 0.259 e. The molecule has 0 aromatic heterocycles. The van der Waals surface area contributed by atoms with Gasteiger partial charge in [0.25, 0.3) is 11.8 Å². The van der Waals surface area contributed by atoms with E-state index in [1.807, 2.05) is 47.4 Å². The van der Waals surface area contributed by atoms with Gasteiger partial charge in [-0.3, -0.25) is 19.2 Å². The van der Waals surface area contributed by atoms with Gasteiger partial charge in [-0.25, -0.2) is 0 Å². The molecular weight excluding hydrogens is 594 g/mol. The van der Waals surface area contributed by atoms with Gasteiger partial charge in [0.1, 0.15) is 6.42 Å². The molecule has 0 spiro atoms. The van der Waals surface area contributed by atoms with Crippen LogP contribution in [0.15, 0.2) is 66.7 Å². The molecule has 0 saturated heterocycles. The molecule has 6 rings (SSSR count). The number of rotatable bonds is 13. The number of anilines is 4. The third kappa shape index (κ3) is 5.93. The quantitative estimate of drug-likeness (QED) is 0.121. The minimum Gasteiger partial charge on any atom is -0.392 e. The van der Waals surface area contributed by atoms with Crippen LogP contribution in [-0.4, -0.2) is 48.4 Å². The third-order valence-corrected chi connectivity index (χ3v) is 8.68. The summed E-state index contributed by atoms with van der Waals surface area (Å²) >= 11 is 0. The number of aryl methyl sites for hydroxylation is 1. The summed E-state index contributed by atoms with van der Waals surface area (Å²) in [4.78, 5) is 55.2. The Labute approximate surface area is 272 Å². The van der Waals surface area contributed by atoms with E-state index in [9.17, 15) is 19.2 Å². The van der Waals surface area contributed by atoms with E-state index in [-0.39, 0.29) is 30.7 Å². The second-order valence-corrected chi connectivity index (χ2v) is 11.7. The normalized spacial score (nSPS) is 13.3. The van der Waals surface area contributed by atoms with Crippen molar-refractivity contribution in [1.82, 2.24) is 0 Å². The lowest BCUT2D eigenvalue weighted by atomic mass is 9.97. The molecule has 0 radical (unpaired) electrons. The highest BCUT2D eigenvalue weighted by Gasteiger charge is 2.32. The summed E-state index contributed by atoms with van der Waals surface area (Å²) < 4.78 is 0. The highest BCUT2D eigenvalue weighted by Crippen LogP contribution is 2.43. The van der Waals surface area contributed by atoms with E-state index < -0.39 is 5.91 Å². The molecule has 47 heavy (non-hydrogen) atoms. The second-order valence-electron chi connectivity index (χ2n) is 11.7. The number of amides is 4. The van der Waals surface area contributed by atoms with Gasteiger partial charge in [-0.05, 0) is 73.7 Å². The van der Waals surface area contributed by atoms with Crippen LogP contribution >= 0.6 is 0 Å². The molecule has 4 aromatic rings. The van der Waals surface area contributed by atoms with Gasteiger partial charge in [0.05, 0.1) is 29.6 Å². The van der Waals surface area contributed by atoms with E-state index >= 15 is 0 Å². The fraction of sp³-hybridized carbons (Fsp3) is 0.270. The van der Waals surface area contributed by atoms with Crippen LogP contribution < -0.4 is 20.4 Å². The summed E-state index contributed by atoms with van der Waals surface area (Å²) in [5, 5.41) is 26.8. The molecule has 0 saturated carbocycles. The fourth-order valence-corrected chi connectivity index (χ4v) is 6.54. The molecule has 0 unspecified atom stereocenters. The van der Waals surface area contributed by atoms with E-state index in [1.54, 1.807) is 23.1 Å². The molecule has 4 amide bonds. The van der Waals surface area contributed by atoms with Gasteiger partial charge in [0, 0.05) is 57.6 Å².